The summed E-state index contributed by atoms with van der Waals surface area (Å²) < 4.78 is 30.4. The number of ether oxygens (including phenoxy) is 1. The quantitative estimate of drug-likeness (QED) is 0.0212. The van der Waals surface area contributed by atoms with E-state index < -0.39 is 26.6 Å². The summed E-state index contributed by atoms with van der Waals surface area (Å²) in [5, 5.41) is 3.03. The van der Waals surface area contributed by atoms with Crippen LogP contribution in [-0.4, -0.2) is 69.4 Å². The monoisotopic (exact) mass is 1180 g/mol. The fourth-order valence-electron chi connectivity index (χ4n) is 9.63. The van der Waals surface area contributed by atoms with Crippen LogP contribution in [0.4, 0.5) is 0 Å². The van der Waals surface area contributed by atoms with Gasteiger partial charge in [0.2, 0.25) is 5.91 Å². The zero-order chi connectivity index (χ0) is 60.7. The molecule has 0 bridgehead atoms. The Morgan fingerprint density at radius 2 is 0.735 bits per heavy atom. The van der Waals surface area contributed by atoms with Gasteiger partial charge in [0.15, 0.2) is 0 Å². The maximum atomic E-state index is 13.6. The van der Waals surface area contributed by atoms with Gasteiger partial charge in [0.1, 0.15) is 19.3 Å². The number of carbonyl (C=O) groups is 2. The maximum absolute atomic E-state index is 13.6. The van der Waals surface area contributed by atoms with Crippen LogP contribution in [0.25, 0.3) is 0 Å². The minimum atomic E-state index is -4.72. The van der Waals surface area contributed by atoms with Gasteiger partial charge in [-0.15, -0.1) is 0 Å². The summed E-state index contributed by atoms with van der Waals surface area (Å²) in [4.78, 5) is 40.2. The van der Waals surface area contributed by atoms with Gasteiger partial charge in [-0.05, 0) is 115 Å². The summed E-state index contributed by atoms with van der Waals surface area (Å²) in [7, 11) is 1.16. The summed E-state index contributed by atoms with van der Waals surface area (Å²) >= 11 is 0. The number of rotatable bonds is 62. The summed E-state index contributed by atoms with van der Waals surface area (Å²) in [6.07, 6.45) is 83.8. The zero-order valence-corrected chi connectivity index (χ0v) is 55.8. The van der Waals surface area contributed by atoms with Crippen LogP contribution >= 0.6 is 7.82 Å². The van der Waals surface area contributed by atoms with Crippen LogP contribution in [-0.2, 0) is 27.9 Å². The van der Waals surface area contributed by atoms with Crippen molar-refractivity contribution < 1.29 is 37.3 Å². The first-order valence-electron chi connectivity index (χ1n) is 34.5. The molecule has 0 fully saturated rings. The molecule has 0 spiro atoms. The molecule has 0 rings (SSSR count). The van der Waals surface area contributed by atoms with Gasteiger partial charge in [-0.3, -0.25) is 14.2 Å². The Hall–Kier alpha value is -3.07. The van der Waals surface area contributed by atoms with Crippen molar-refractivity contribution in [3.63, 3.8) is 0 Å². The Morgan fingerprint density at radius 1 is 0.422 bits per heavy atom. The summed E-state index contributed by atoms with van der Waals surface area (Å²) in [5.41, 5.74) is 0. The predicted molar refractivity (Wildman–Crippen MR) is 358 cm³/mol. The van der Waals surface area contributed by atoms with E-state index in [0.717, 1.165) is 96.3 Å². The Labute approximate surface area is 513 Å². The lowest BCUT2D eigenvalue weighted by Crippen LogP contribution is -2.47. The second-order valence-corrected chi connectivity index (χ2v) is 25.7. The molecule has 83 heavy (non-hydrogen) atoms. The molecule has 0 saturated carbocycles. The maximum Gasteiger partial charge on any atom is 0.306 e. The number of amides is 1. The van der Waals surface area contributed by atoms with Gasteiger partial charge in [0.25, 0.3) is 7.82 Å². The van der Waals surface area contributed by atoms with Crippen molar-refractivity contribution in [1.29, 1.82) is 0 Å². The summed E-state index contributed by atoms with van der Waals surface area (Å²) in [5.74, 6) is -0.576. The Kier molecular flexibility index (Phi) is 59.7. The highest BCUT2D eigenvalue weighted by Crippen LogP contribution is 2.38. The molecule has 0 aromatic heterocycles. The topological polar surface area (TPSA) is 114 Å². The van der Waals surface area contributed by atoms with Crippen molar-refractivity contribution in [2.24, 2.45) is 0 Å². The van der Waals surface area contributed by atoms with E-state index >= 15 is 0 Å². The van der Waals surface area contributed by atoms with E-state index in [-0.39, 0.29) is 24.9 Å². The number of likely N-dealkylation sites (N-methyl/N-ethyl adjacent to an activating group) is 1. The molecule has 3 unspecified atom stereocenters. The van der Waals surface area contributed by atoms with Crippen LogP contribution in [0.2, 0.25) is 0 Å². The van der Waals surface area contributed by atoms with E-state index in [2.05, 4.69) is 111 Å². The fraction of sp³-hybridized carbons (Fsp3) is 0.753. The minimum absolute atomic E-state index is 0.0316. The van der Waals surface area contributed by atoms with Gasteiger partial charge in [-0.1, -0.05) is 272 Å². The van der Waals surface area contributed by atoms with E-state index in [1.807, 2.05) is 33.3 Å². The molecule has 0 aliphatic heterocycles. The highest BCUT2D eigenvalue weighted by Gasteiger charge is 2.27. The highest BCUT2D eigenvalue weighted by molar-refractivity contribution is 7.45. The van der Waals surface area contributed by atoms with E-state index in [1.54, 1.807) is 0 Å². The molecule has 0 aromatic carbocycles. The Balaban J connectivity index is 5.19. The molecule has 0 aromatic rings. The molecule has 0 aliphatic rings. The number of esters is 1. The molecule has 9 nitrogen and oxygen atoms in total. The van der Waals surface area contributed by atoms with Gasteiger partial charge in [0, 0.05) is 12.8 Å². The normalized spacial score (nSPS) is 14.2. The summed E-state index contributed by atoms with van der Waals surface area (Å²) in [6, 6.07) is -0.909. The molecule has 1 N–H and O–H groups in total. The van der Waals surface area contributed by atoms with Crippen molar-refractivity contribution in [3.05, 3.63) is 97.2 Å². The van der Waals surface area contributed by atoms with Gasteiger partial charge in [-0.25, -0.2) is 0 Å². The van der Waals surface area contributed by atoms with E-state index in [9.17, 15) is 19.0 Å². The SMILES string of the molecule is CCCCC/C=C\C/C=C\C/C=C\C/C=C\CCCCCC(=O)OC(/C=C\CCCCCCCCCCCCC)C(COP(=O)([O-])OCC[N+](C)(C)C)NC(=O)CCCCCCCCCCCCCC/C=C\C/C=C\C/C=C\CCCCC. The third-order valence-corrected chi connectivity index (χ3v) is 16.0. The lowest BCUT2D eigenvalue weighted by molar-refractivity contribution is -0.870. The largest absolute Gasteiger partial charge is 0.756 e. The van der Waals surface area contributed by atoms with Crippen LogP contribution in [0.15, 0.2) is 97.2 Å². The number of unbranched alkanes of at least 4 members (excludes halogenated alkanes) is 32. The molecule has 0 saturated heterocycles. The first-order valence-corrected chi connectivity index (χ1v) is 36.0. The number of hydrogen-bond acceptors (Lipinski definition) is 7. The van der Waals surface area contributed by atoms with E-state index in [0.29, 0.717) is 23.9 Å². The number of hydrogen-bond donors (Lipinski definition) is 1. The Bertz CT molecular complexity index is 1740. The first kappa shape index (κ1) is 79.9. The minimum Gasteiger partial charge on any atom is -0.756 e. The van der Waals surface area contributed by atoms with Gasteiger partial charge >= 0.3 is 5.97 Å². The molecule has 3 atom stereocenters. The number of quaternary nitrogens is 1. The molecule has 0 heterocycles. The first-order chi connectivity index (χ1) is 40.4. The highest BCUT2D eigenvalue weighted by atomic mass is 31.2. The summed E-state index contributed by atoms with van der Waals surface area (Å²) in [6.45, 7) is 6.78. The number of nitrogens with one attached hydrogen (secondary N) is 1. The predicted octanol–water partition coefficient (Wildman–Crippen LogP) is 21.3. The molecule has 0 radical (unpaired) electrons. The second-order valence-electron chi connectivity index (χ2n) is 24.3. The second kappa shape index (κ2) is 62.0. The number of nitrogens with zero attached hydrogens (tertiary/aromatic N) is 1. The molecule has 10 heteroatoms. The van der Waals surface area contributed by atoms with E-state index in [4.69, 9.17) is 13.8 Å². The third-order valence-electron chi connectivity index (χ3n) is 15.0. The van der Waals surface area contributed by atoms with Crippen LogP contribution in [0, 0.1) is 0 Å². The molecule has 0 aliphatic carbocycles. The lowest BCUT2D eigenvalue weighted by Gasteiger charge is -2.30. The van der Waals surface area contributed by atoms with Crippen molar-refractivity contribution >= 4 is 19.7 Å². The number of phosphoric acid groups is 1. The van der Waals surface area contributed by atoms with Gasteiger partial charge in [-0.2, -0.15) is 0 Å². The zero-order valence-electron chi connectivity index (χ0n) is 54.9. The van der Waals surface area contributed by atoms with E-state index in [1.165, 1.54) is 167 Å². The molecule has 480 valence electrons. The van der Waals surface area contributed by atoms with Crippen molar-refractivity contribution in [2.45, 2.75) is 315 Å². The van der Waals surface area contributed by atoms with Gasteiger partial charge in [0.05, 0.1) is 33.8 Å². The van der Waals surface area contributed by atoms with Gasteiger partial charge < -0.3 is 28.5 Å². The van der Waals surface area contributed by atoms with Crippen LogP contribution in [0.3, 0.4) is 0 Å². The van der Waals surface area contributed by atoms with Crippen LogP contribution in [0.1, 0.15) is 303 Å². The molecular weight excluding hydrogens is 1050 g/mol. The number of allylic oxidation sites excluding steroid dienone is 15. The molecular formula is C73H131N2O7P. The fourth-order valence-corrected chi connectivity index (χ4v) is 10.4. The third kappa shape index (κ3) is 63.3. The number of phosphoric ester groups is 1. The standard InChI is InChI=1S/C73H131N2O7P/c1-7-10-13-16-19-22-25-28-30-32-34-35-36-37-38-39-41-42-44-47-50-53-56-59-62-65-72(76)74-70(69-81-83(78,79)80-68-67-75(4,5)6)71(64-61-58-55-52-49-46-27-24-21-18-15-12-9-3)82-73(77)66-63-60-57-54-51-48-45-43-40-33-31-29-26-23-20-17-14-11-8-2/h19-20,22-23,28-31,34-35,40,43,48,51,61,64,70-71H,7-18,21,24-27,32-33,36-39,41-42,44-47,49-50,52-60,62-63,65-69H2,1-6H3,(H-,74,76,78,79)/b22-19-,23-20-,30-28-,31-29-,35-34-,43-40-,51-48-,64-61-. The lowest BCUT2D eigenvalue weighted by atomic mass is 10.0. The van der Waals surface area contributed by atoms with Crippen LogP contribution < -0.4 is 10.2 Å². The van der Waals surface area contributed by atoms with Crippen LogP contribution in [0.5, 0.6) is 0 Å². The molecule has 1 amide bonds. The average Bonchev–Trinajstić information content (AvgIpc) is 3.46. The Morgan fingerprint density at radius 3 is 1.13 bits per heavy atom. The average molecular weight is 1180 g/mol. The number of carbonyl (C=O) groups excluding carboxylic acids is 2. The van der Waals surface area contributed by atoms with Crippen molar-refractivity contribution in [3.8, 4) is 0 Å². The smallest absolute Gasteiger partial charge is 0.306 e. The van der Waals surface area contributed by atoms with Crippen molar-refractivity contribution in [1.82, 2.24) is 5.32 Å². The van der Waals surface area contributed by atoms with Crippen molar-refractivity contribution in [2.75, 3.05) is 40.9 Å².